The zero-order valence-electron chi connectivity index (χ0n) is 13.0. The van der Waals surface area contributed by atoms with Crippen LogP contribution in [0.15, 0.2) is 4.99 Å². The van der Waals surface area contributed by atoms with Crippen LogP contribution in [0.2, 0.25) is 0 Å². The lowest BCUT2D eigenvalue weighted by Gasteiger charge is -2.34. The van der Waals surface area contributed by atoms with Gasteiger partial charge in [-0.1, -0.05) is 6.92 Å². The Balaban J connectivity index is 0.00000200. The third kappa shape index (κ3) is 5.26. The van der Waals surface area contributed by atoms with Crippen LogP contribution in [0.4, 0.5) is 0 Å². The van der Waals surface area contributed by atoms with Gasteiger partial charge in [-0.2, -0.15) is 11.8 Å². The van der Waals surface area contributed by atoms with Crippen LogP contribution in [0.3, 0.4) is 0 Å². The first kappa shape index (κ1) is 18.4. The molecule has 0 aromatic heterocycles. The molecule has 6 heteroatoms. The van der Waals surface area contributed by atoms with Crippen LogP contribution in [0.25, 0.3) is 0 Å². The molecule has 0 aromatic carbocycles. The number of hydrogen-bond acceptors (Lipinski definition) is 3. The molecule has 0 amide bonds. The van der Waals surface area contributed by atoms with Crippen molar-refractivity contribution in [3.05, 3.63) is 0 Å². The first-order chi connectivity index (χ1) is 9.22. The van der Waals surface area contributed by atoms with Gasteiger partial charge in [0.15, 0.2) is 5.96 Å². The van der Waals surface area contributed by atoms with Gasteiger partial charge < -0.3 is 15.1 Å². The van der Waals surface area contributed by atoms with E-state index in [0.29, 0.717) is 0 Å². The maximum Gasteiger partial charge on any atom is 0.193 e. The molecule has 118 valence electrons. The molecule has 4 nitrogen and oxygen atoms in total. The SMILES string of the molecule is CCC1CN(C(=NC)NCC2CCN(C)C2)CCS1.I. The van der Waals surface area contributed by atoms with Crippen molar-refractivity contribution in [1.29, 1.82) is 0 Å². The Labute approximate surface area is 145 Å². The summed E-state index contributed by atoms with van der Waals surface area (Å²) in [5.74, 6) is 3.11. The predicted molar refractivity (Wildman–Crippen MR) is 100 cm³/mol. The summed E-state index contributed by atoms with van der Waals surface area (Å²) < 4.78 is 0. The van der Waals surface area contributed by atoms with E-state index >= 15 is 0 Å². The zero-order valence-corrected chi connectivity index (χ0v) is 16.1. The lowest BCUT2D eigenvalue weighted by atomic mass is 10.1. The van der Waals surface area contributed by atoms with Crippen LogP contribution in [-0.2, 0) is 0 Å². The van der Waals surface area contributed by atoms with Crippen molar-refractivity contribution in [3.8, 4) is 0 Å². The third-order valence-corrected chi connectivity index (χ3v) is 5.52. The number of halogens is 1. The highest BCUT2D eigenvalue weighted by Gasteiger charge is 2.23. The molecule has 2 saturated heterocycles. The van der Waals surface area contributed by atoms with Gasteiger partial charge in [0, 0.05) is 44.2 Å². The first-order valence-electron chi connectivity index (χ1n) is 7.48. The average molecular weight is 412 g/mol. The van der Waals surface area contributed by atoms with Crippen LogP contribution in [0.1, 0.15) is 19.8 Å². The summed E-state index contributed by atoms with van der Waals surface area (Å²) in [6.07, 6.45) is 2.57. The van der Waals surface area contributed by atoms with E-state index < -0.39 is 0 Å². The summed E-state index contributed by atoms with van der Waals surface area (Å²) in [5, 5.41) is 4.35. The van der Waals surface area contributed by atoms with E-state index in [0.717, 1.165) is 36.8 Å². The highest BCUT2D eigenvalue weighted by molar-refractivity contribution is 14.0. The Kier molecular flexibility index (Phi) is 8.59. The minimum absolute atomic E-state index is 0. The Morgan fingerprint density at radius 3 is 2.75 bits per heavy atom. The minimum Gasteiger partial charge on any atom is -0.356 e. The van der Waals surface area contributed by atoms with Crippen LogP contribution >= 0.6 is 35.7 Å². The molecule has 2 rings (SSSR count). The second-order valence-electron chi connectivity index (χ2n) is 5.69. The van der Waals surface area contributed by atoms with Crippen molar-refractivity contribution in [2.24, 2.45) is 10.9 Å². The molecule has 2 atom stereocenters. The molecule has 2 unspecified atom stereocenters. The summed E-state index contributed by atoms with van der Waals surface area (Å²) in [6, 6.07) is 0. The van der Waals surface area contributed by atoms with Crippen molar-refractivity contribution in [1.82, 2.24) is 15.1 Å². The van der Waals surface area contributed by atoms with E-state index in [4.69, 9.17) is 0 Å². The molecular formula is C14H29IN4S. The highest BCUT2D eigenvalue weighted by atomic mass is 127. The third-order valence-electron chi connectivity index (χ3n) is 4.14. The van der Waals surface area contributed by atoms with E-state index in [-0.39, 0.29) is 24.0 Å². The lowest BCUT2D eigenvalue weighted by molar-refractivity contribution is 0.383. The van der Waals surface area contributed by atoms with Gasteiger partial charge in [-0.15, -0.1) is 24.0 Å². The van der Waals surface area contributed by atoms with Gasteiger partial charge in [-0.25, -0.2) is 0 Å². The Bertz CT molecular complexity index is 314. The monoisotopic (exact) mass is 412 g/mol. The van der Waals surface area contributed by atoms with E-state index in [1.165, 1.54) is 31.7 Å². The quantitative estimate of drug-likeness (QED) is 0.436. The molecule has 0 spiro atoms. The van der Waals surface area contributed by atoms with Gasteiger partial charge in [0.25, 0.3) is 0 Å². The molecule has 2 aliphatic rings. The van der Waals surface area contributed by atoms with Crippen molar-refractivity contribution >= 4 is 41.7 Å². The minimum atomic E-state index is 0. The summed E-state index contributed by atoms with van der Waals surface area (Å²) in [5.41, 5.74) is 0. The average Bonchev–Trinajstić information content (AvgIpc) is 2.85. The van der Waals surface area contributed by atoms with Crippen LogP contribution in [0.5, 0.6) is 0 Å². The molecule has 1 N–H and O–H groups in total. The van der Waals surface area contributed by atoms with Crippen LogP contribution in [-0.4, -0.2) is 73.6 Å². The second-order valence-corrected chi connectivity index (χ2v) is 7.10. The van der Waals surface area contributed by atoms with Crippen LogP contribution < -0.4 is 5.32 Å². The Morgan fingerprint density at radius 1 is 1.35 bits per heavy atom. The van der Waals surface area contributed by atoms with Gasteiger partial charge in [-0.3, -0.25) is 4.99 Å². The maximum atomic E-state index is 4.47. The molecule has 2 heterocycles. The Hall–Kier alpha value is 0.310. The van der Waals surface area contributed by atoms with Crippen molar-refractivity contribution in [2.75, 3.05) is 52.6 Å². The smallest absolute Gasteiger partial charge is 0.193 e. The fraction of sp³-hybridized carbons (Fsp3) is 0.929. The van der Waals surface area contributed by atoms with Gasteiger partial charge in [0.1, 0.15) is 0 Å². The molecule has 0 bridgehead atoms. The van der Waals surface area contributed by atoms with Gasteiger partial charge in [0.2, 0.25) is 0 Å². The van der Waals surface area contributed by atoms with Gasteiger partial charge in [-0.05, 0) is 32.4 Å². The van der Waals surface area contributed by atoms with Crippen LogP contribution in [0, 0.1) is 5.92 Å². The molecular weight excluding hydrogens is 383 g/mol. The molecule has 0 radical (unpaired) electrons. The molecule has 0 aromatic rings. The van der Waals surface area contributed by atoms with E-state index in [9.17, 15) is 0 Å². The standard InChI is InChI=1S/C14H28N4S.HI/c1-4-13-11-18(7-8-19-13)14(15-2)16-9-12-5-6-17(3)10-12;/h12-13H,4-11H2,1-3H3,(H,15,16);1H. The Morgan fingerprint density at radius 2 is 2.15 bits per heavy atom. The van der Waals surface area contributed by atoms with E-state index in [2.05, 4.69) is 45.8 Å². The number of guanidine groups is 1. The fourth-order valence-electron chi connectivity index (χ4n) is 2.92. The number of hydrogen-bond donors (Lipinski definition) is 1. The summed E-state index contributed by atoms with van der Waals surface area (Å²) in [7, 11) is 4.12. The number of nitrogens with one attached hydrogen (secondary N) is 1. The van der Waals surface area contributed by atoms with E-state index in [1.54, 1.807) is 0 Å². The highest BCUT2D eigenvalue weighted by Crippen LogP contribution is 2.21. The number of aliphatic imine (C=N–C) groups is 1. The molecule has 20 heavy (non-hydrogen) atoms. The zero-order chi connectivity index (χ0) is 13.7. The second kappa shape index (κ2) is 9.35. The molecule has 0 aliphatic carbocycles. The largest absolute Gasteiger partial charge is 0.356 e. The number of rotatable bonds is 3. The topological polar surface area (TPSA) is 30.9 Å². The summed E-state index contributed by atoms with van der Waals surface area (Å²) >= 11 is 2.11. The van der Waals surface area contributed by atoms with Crippen molar-refractivity contribution in [3.63, 3.8) is 0 Å². The first-order valence-corrected chi connectivity index (χ1v) is 8.53. The number of nitrogens with zero attached hydrogens (tertiary/aromatic N) is 3. The normalized spacial score (nSPS) is 28.4. The number of likely N-dealkylation sites (tertiary alicyclic amines) is 1. The van der Waals surface area contributed by atoms with Gasteiger partial charge >= 0.3 is 0 Å². The van der Waals surface area contributed by atoms with E-state index in [1.807, 2.05) is 7.05 Å². The maximum absolute atomic E-state index is 4.47. The lowest BCUT2D eigenvalue weighted by Crippen LogP contribution is -2.49. The van der Waals surface area contributed by atoms with Gasteiger partial charge in [0.05, 0.1) is 0 Å². The molecule has 2 fully saturated rings. The predicted octanol–water partition coefficient (Wildman–Crippen LogP) is 1.96. The summed E-state index contributed by atoms with van der Waals surface area (Å²) in [4.78, 5) is 9.32. The molecule has 0 saturated carbocycles. The summed E-state index contributed by atoms with van der Waals surface area (Å²) in [6.45, 7) is 8.08. The number of thioether (sulfide) groups is 1. The van der Waals surface area contributed by atoms with Crippen molar-refractivity contribution in [2.45, 2.75) is 25.0 Å². The van der Waals surface area contributed by atoms with Crippen molar-refractivity contribution < 1.29 is 0 Å². The molecule has 2 aliphatic heterocycles. The fourth-order valence-corrected chi connectivity index (χ4v) is 4.10.